The molecule has 12 nitrogen and oxygen atoms in total. The Balaban J connectivity index is 2.22. The molecule has 3 rings (SSSR count). The summed E-state index contributed by atoms with van der Waals surface area (Å²) in [7, 11) is 0. The summed E-state index contributed by atoms with van der Waals surface area (Å²) < 4.78 is 39.7. The molecule has 2 aromatic carbocycles. The van der Waals surface area contributed by atoms with Crippen LogP contribution in [0.4, 0.5) is 24.5 Å². The molecule has 1 aromatic heterocycles. The Kier molecular flexibility index (Phi) is 5.02. The van der Waals surface area contributed by atoms with E-state index in [-0.39, 0.29) is 16.3 Å². The SMILES string of the molecule is O=C(Nn1c(=O)c(=O)[nH]c2cc(C(F)(F)F)c([N+](=O)[O-])cc21)c1cccc([N+](=O)[O-])c1. The predicted molar refractivity (Wildman–Crippen MR) is 97.3 cm³/mol. The van der Waals surface area contributed by atoms with E-state index in [1.807, 2.05) is 10.4 Å². The number of hydrogen-bond acceptors (Lipinski definition) is 7. The summed E-state index contributed by atoms with van der Waals surface area (Å²) >= 11 is 0. The average molecular weight is 439 g/mol. The van der Waals surface area contributed by atoms with Crippen LogP contribution in [0.25, 0.3) is 11.0 Å². The molecule has 0 aliphatic rings. The second kappa shape index (κ2) is 7.36. The number of aromatic nitrogens is 2. The topological polar surface area (TPSA) is 170 Å². The number of nitro groups is 2. The van der Waals surface area contributed by atoms with Gasteiger partial charge in [0.05, 0.1) is 20.9 Å². The Labute approximate surface area is 166 Å². The number of benzene rings is 2. The summed E-state index contributed by atoms with van der Waals surface area (Å²) in [4.78, 5) is 58.1. The molecule has 160 valence electrons. The highest BCUT2D eigenvalue weighted by Crippen LogP contribution is 2.37. The number of hydrogen-bond donors (Lipinski definition) is 2. The zero-order valence-corrected chi connectivity index (χ0v) is 14.8. The van der Waals surface area contributed by atoms with E-state index < -0.39 is 61.0 Å². The summed E-state index contributed by atoms with van der Waals surface area (Å²) in [5.41, 5.74) is -6.10. The first-order chi connectivity index (χ1) is 14.4. The maximum absolute atomic E-state index is 13.2. The number of nitrogens with one attached hydrogen (secondary N) is 2. The lowest BCUT2D eigenvalue weighted by Crippen LogP contribution is -2.42. The van der Waals surface area contributed by atoms with Crippen LogP contribution in [0, 0.1) is 20.2 Å². The lowest BCUT2D eigenvalue weighted by molar-refractivity contribution is -0.387. The zero-order valence-electron chi connectivity index (χ0n) is 14.8. The molecule has 0 radical (unpaired) electrons. The number of amides is 1. The number of H-pyrrole nitrogens is 1. The van der Waals surface area contributed by atoms with Gasteiger partial charge >= 0.3 is 17.3 Å². The second-order valence-electron chi connectivity index (χ2n) is 5.98. The number of rotatable bonds is 4. The van der Waals surface area contributed by atoms with Gasteiger partial charge in [-0.15, -0.1) is 0 Å². The molecule has 0 atom stereocenters. The highest BCUT2D eigenvalue weighted by molar-refractivity contribution is 6.01. The van der Waals surface area contributed by atoms with Crippen LogP contribution in [0.3, 0.4) is 0 Å². The van der Waals surface area contributed by atoms with Gasteiger partial charge in [-0.05, 0) is 12.1 Å². The highest BCUT2D eigenvalue weighted by atomic mass is 19.4. The minimum absolute atomic E-state index is 0.225. The van der Waals surface area contributed by atoms with Crippen molar-refractivity contribution in [1.82, 2.24) is 9.66 Å². The van der Waals surface area contributed by atoms with E-state index in [1.165, 1.54) is 0 Å². The number of nitro benzene ring substituents is 2. The van der Waals surface area contributed by atoms with Crippen molar-refractivity contribution < 1.29 is 27.8 Å². The molecular weight excluding hydrogens is 431 g/mol. The van der Waals surface area contributed by atoms with Gasteiger partial charge in [0.25, 0.3) is 17.3 Å². The van der Waals surface area contributed by atoms with Crippen molar-refractivity contribution in [2.45, 2.75) is 6.18 Å². The number of aromatic amines is 1. The Morgan fingerprint density at radius 3 is 2.32 bits per heavy atom. The van der Waals surface area contributed by atoms with Crippen molar-refractivity contribution in [2.75, 3.05) is 5.43 Å². The molecule has 0 aliphatic carbocycles. The van der Waals surface area contributed by atoms with Gasteiger partial charge in [-0.25, -0.2) is 4.68 Å². The van der Waals surface area contributed by atoms with Crippen LogP contribution in [-0.4, -0.2) is 25.4 Å². The maximum atomic E-state index is 13.2. The van der Waals surface area contributed by atoms with Crippen molar-refractivity contribution in [2.24, 2.45) is 0 Å². The summed E-state index contributed by atoms with van der Waals surface area (Å²) in [6.45, 7) is 0. The van der Waals surface area contributed by atoms with E-state index in [2.05, 4.69) is 0 Å². The number of halogens is 3. The second-order valence-corrected chi connectivity index (χ2v) is 5.98. The van der Waals surface area contributed by atoms with Crippen LogP contribution >= 0.6 is 0 Å². The molecule has 0 saturated heterocycles. The first-order valence-electron chi connectivity index (χ1n) is 8.00. The smallest absolute Gasteiger partial charge is 0.316 e. The number of non-ortho nitro benzene ring substituents is 1. The van der Waals surface area contributed by atoms with Crippen LogP contribution in [0.1, 0.15) is 15.9 Å². The fourth-order valence-corrected chi connectivity index (χ4v) is 2.66. The zero-order chi connectivity index (χ0) is 23.1. The molecule has 1 heterocycles. The van der Waals surface area contributed by atoms with E-state index in [0.717, 1.165) is 24.3 Å². The van der Waals surface area contributed by atoms with Crippen LogP contribution in [0.15, 0.2) is 46.0 Å². The van der Waals surface area contributed by atoms with Crippen molar-refractivity contribution in [1.29, 1.82) is 0 Å². The number of carbonyl (C=O) groups excluding carboxylic acids is 1. The monoisotopic (exact) mass is 439 g/mol. The minimum atomic E-state index is -5.15. The van der Waals surface area contributed by atoms with E-state index in [1.54, 1.807) is 0 Å². The van der Waals surface area contributed by atoms with Gasteiger partial charge in [0.1, 0.15) is 5.56 Å². The molecule has 0 spiro atoms. The molecule has 0 unspecified atom stereocenters. The standard InChI is InChI=1S/C16H8F3N5O7/c17-16(18,19)9-5-10-12(6-11(9)24(30)31)22(15(27)14(26)20-10)21-13(25)7-2-1-3-8(4-7)23(28)29/h1-6H,(H,20,26)(H,21,25). The molecular formula is C16H8F3N5O7. The van der Waals surface area contributed by atoms with E-state index >= 15 is 0 Å². The Bertz CT molecular complexity index is 1380. The first-order valence-corrected chi connectivity index (χ1v) is 8.00. The summed E-state index contributed by atoms with van der Waals surface area (Å²) in [5.74, 6) is -1.14. The van der Waals surface area contributed by atoms with Gasteiger partial charge in [0, 0.05) is 23.8 Å². The first kappa shape index (κ1) is 21.2. The normalized spacial score (nSPS) is 11.3. The molecule has 31 heavy (non-hydrogen) atoms. The van der Waals surface area contributed by atoms with Crippen LogP contribution in [0.5, 0.6) is 0 Å². The van der Waals surface area contributed by atoms with Gasteiger partial charge in [-0.2, -0.15) is 13.2 Å². The Hall–Kier alpha value is -4.56. The van der Waals surface area contributed by atoms with Crippen LogP contribution in [-0.2, 0) is 6.18 Å². The van der Waals surface area contributed by atoms with Gasteiger partial charge < -0.3 is 4.98 Å². The van der Waals surface area contributed by atoms with Gasteiger partial charge in [-0.3, -0.25) is 40.0 Å². The van der Waals surface area contributed by atoms with Gasteiger partial charge in [0.15, 0.2) is 0 Å². The number of alkyl halides is 3. The van der Waals surface area contributed by atoms with Crippen molar-refractivity contribution in [3.8, 4) is 0 Å². The fourth-order valence-electron chi connectivity index (χ4n) is 2.66. The van der Waals surface area contributed by atoms with E-state index in [9.17, 15) is 47.8 Å². The summed E-state index contributed by atoms with van der Waals surface area (Å²) in [6, 6.07) is 4.83. The van der Waals surface area contributed by atoms with Crippen molar-refractivity contribution in [3.05, 3.63) is 88.5 Å². The number of carbonyl (C=O) groups is 1. The molecule has 15 heteroatoms. The number of nitrogens with zero attached hydrogens (tertiary/aromatic N) is 3. The molecule has 0 fully saturated rings. The van der Waals surface area contributed by atoms with Gasteiger partial charge in [-0.1, -0.05) is 6.07 Å². The van der Waals surface area contributed by atoms with Gasteiger partial charge in [0.2, 0.25) is 0 Å². The molecule has 1 amide bonds. The lowest BCUT2D eigenvalue weighted by atomic mass is 10.1. The fraction of sp³-hybridized carbons (Fsp3) is 0.0625. The average Bonchev–Trinajstić information content (AvgIpc) is 2.69. The van der Waals surface area contributed by atoms with E-state index in [0.29, 0.717) is 6.07 Å². The largest absolute Gasteiger partial charge is 0.423 e. The van der Waals surface area contributed by atoms with E-state index in [4.69, 9.17) is 0 Å². The highest BCUT2D eigenvalue weighted by Gasteiger charge is 2.39. The third kappa shape index (κ3) is 3.96. The molecule has 2 N–H and O–H groups in total. The molecule has 0 bridgehead atoms. The third-order valence-electron chi connectivity index (χ3n) is 4.04. The van der Waals surface area contributed by atoms with Crippen molar-refractivity contribution >= 4 is 28.3 Å². The molecule has 0 saturated carbocycles. The quantitative estimate of drug-likeness (QED) is 0.355. The number of fused-ring (bicyclic) bond motifs is 1. The molecule has 3 aromatic rings. The predicted octanol–water partition coefficient (Wildman–Crippen LogP) is 1.91. The summed E-state index contributed by atoms with van der Waals surface area (Å²) in [6.07, 6.45) is -5.15. The van der Waals surface area contributed by atoms with Crippen molar-refractivity contribution in [3.63, 3.8) is 0 Å². The van der Waals surface area contributed by atoms with Crippen LogP contribution in [0.2, 0.25) is 0 Å². The Morgan fingerprint density at radius 2 is 1.74 bits per heavy atom. The third-order valence-corrected chi connectivity index (χ3v) is 4.04. The minimum Gasteiger partial charge on any atom is -0.316 e. The Morgan fingerprint density at radius 1 is 1.06 bits per heavy atom. The lowest BCUT2D eigenvalue weighted by Gasteiger charge is -2.13. The van der Waals surface area contributed by atoms with Crippen LogP contribution < -0.4 is 16.5 Å². The summed E-state index contributed by atoms with van der Waals surface area (Å²) in [5, 5.41) is 22.0. The molecule has 0 aliphatic heterocycles. The maximum Gasteiger partial charge on any atom is 0.423 e.